The Bertz CT molecular complexity index is 873. The zero-order chi connectivity index (χ0) is 20.0. The summed E-state index contributed by atoms with van der Waals surface area (Å²) in [5, 5.41) is 5.43. The summed E-state index contributed by atoms with van der Waals surface area (Å²) in [6.07, 6.45) is 0. The minimum atomic E-state index is -0.934. The summed E-state index contributed by atoms with van der Waals surface area (Å²) < 4.78 is 5.86. The standard InChI is InChI=1S/C19H18BrClN2O4/c1-11-9-13(20)7-8-16(11)23-17(24)10-27-19(26)12(2)22-18(25)14-5-3-4-6-15(14)21/h3-9,12H,10H2,1-2H3,(H,22,25)(H,23,24). The van der Waals surface area contributed by atoms with Crippen LogP contribution in [0.3, 0.4) is 0 Å². The van der Waals surface area contributed by atoms with Gasteiger partial charge in [-0.15, -0.1) is 0 Å². The van der Waals surface area contributed by atoms with Crippen LogP contribution < -0.4 is 10.6 Å². The van der Waals surface area contributed by atoms with Crippen molar-refractivity contribution in [2.75, 3.05) is 11.9 Å². The molecule has 2 N–H and O–H groups in total. The molecular weight excluding hydrogens is 436 g/mol. The number of anilines is 1. The number of ether oxygens (including phenoxy) is 1. The summed E-state index contributed by atoms with van der Waals surface area (Å²) in [5.41, 5.74) is 1.74. The van der Waals surface area contributed by atoms with Crippen molar-refractivity contribution in [3.05, 3.63) is 63.1 Å². The summed E-state index contributed by atoms with van der Waals surface area (Å²) in [6, 6.07) is 10.9. The number of rotatable bonds is 6. The van der Waals surface area contributed by atoms with Crippen LogP contribution in [0.15, 0.2) is 46.9 Å². The van der Waals surface area contributed by atoms with Gasteiger partial charge in [0.25, 0.3) is 11.8 Å². The van der Waals surface area contributed by atoms with Crippen LogP contribution in [-0.4, -0.2) is 30.4 Å². The lowest BCUT2D eigenvalue weighted by Gasteiger charge is -2.14. The van der Waals surface area contributed by atoms with Crippen LogP contribution >= 0.6 is 27.5 Å². The largest absolute Gasteiger partial charge is 0.454 e. The summed E-state index contributed by atoms with van der Waals surface area (Å²) in [7, 11) is 0. The zero-order valence-corrected chi connectivity index (χ0v) is 17.1. The molecule has 0 aliphatic carbocycles. The average Bonchev–Trinajstić information content (AvgIpc) is 2.62. The fraction of sp³-hybridized carbons (Fsp3) is 0.211. The highest BCUT2D eigenvalue weighted by molar-refractivity contribution is 9.10. The number of amides is 2. The summed E-state index contributed by atoms with van der Waals surface area (Å²) in [4.78, 5) is 36.1. The van der Waals surface area contributed by atoms with E-state index in [-0.39, 0.29) is 10.6 Å². The van der Waals surface area contributed by atoms with E-state index in [4.69, 9.17) is 16.3 Å². The fourth-order valence-electron chi connectivity index (χ4n) is 2.19. The lowest BCUT2D eigenvalue weighted by atomic mass is 10.2. The third-order valence-electron chi connectivity index (χ3n) is 3.63. The van der Waals surface area contributed by atoms with E-state index in [0.29, 0.717) is 5.69 Å². The van der Waals surface area contributed by atoms with Crippen LogP contribution in [0.5, 0.6) is 0 Å². The Morgan fingerprint density at radius 1 is 1.19 bits per heavy atom. The van der Waals surface area contributed by atoms with Crippen molar-refractivity contribution in [2.24, 2.45) is 0 Å². The molecule has 0 saturated carbocycles. The third kappa shape index (κ3) is 6.08. The van der Waals surface area contributed by atoms with Crippen LogP contribution in [0.1, 0.15) is 22.8 Å². The van der Waals surface area contributed by atoms with Crippen LogP contribution in [-0.2, 0) is 14.3 Å². The molecule has 1 unspecified atom stereocenters. The SMILES string of the molecule is Cc1cc(Br)ccc1NC(=O)COC(=O)C(C)NC(=O)c1ccccc1Cl. The number of esters is 1. The predicted molar refractivity (Wildman–Crippen MR) is 107 cm³/mol. The summed E-state index contributed by atoms with van der Waals surface area (Å²) >= 11 is 9.30. The lowest BCUT2D eigenvalue weighted by Crippen LogP contribution is -2.40. The molecule has 0 fully saturated rings. The van der Waals surface area contributed by atoms with Gasteiger partial charge in [0.1, 0.15) is 6.04 Å². The Labute approximate surface area is 170 Å². The molecule has 0 bridgehead atoms. The van der Waals surface area contributed by atoms with Gasteiger partial charge in [-0.3, -0.25) is 9.59 Å². The minimum Gasteiger partial charge on any atom is -0.454 e. The first-order valence-corrected chi connectivity index (χ1v) is 9.23. The fourth-order valence-corrected chi connectivity index (χ4v) is 2.89. The smallest absolute Gasteiger partial charge is 0.328 e. The molecule has 2 aromatic carbocycles. The second kappa shape index (κ2) is 9.53. The van der Waals surface area contributed by atoms with E-state index in [0.717, 1.165) is 10.0 Å². The van der Waals surface area contributed by atoms with Crippen molar-refractivity contribution in [1.82, 2.24) is 5.32 Å². The highest BCUT2D eigenvalue weighted by Crippen LogP contribution is 2.20. The van der Waals surface area contributed by atoms with Gasteiger partial charge in [-0.1, -0.05) is 39.7 Å². The predicted octanol–water partition coefficient (Wildman–Crippen LogP) is 3.71. The lowest BCUT2D eigenvalue weighted by molar-refractivity contribution is -0.148. The molecular formula is C19H18BrClN2O4. The summed E-state index contributed by atoms with van der Waals surface area (Å²) in [5.74, 6) is -1.70. The quantitative estimate of drug-likeness (QED) is 0.653. The number of hydrogen-bond acceptors (Lipinski definition) is 4. The number of hydrogen-bond donors (Lipinski definition) is 2. The van der Waals surface area contributed by atoms with Gasteiger partial charge < -0.3 is 15.4 Å². The second-order valence-electron chi connectivity index (χ2n) is 5.79. The molecule has 0 heterocycles. The molecule has 2 rings (SSSR count). The Morgan fingerprint density at radius 3 is 2.56 bits per heavy atom. The van der Waals surface area contributed by atoms with Gasteiger partial charge in [-0.05, 0) is 49.7 Å². The number of benzene rings is 2. The van der Waals surface area contributed by atoms with E-state index in [1.165, 1.54) is 6.92 Å². The Kier molecular flexibility index (Phi) is 7.38. The third-order valence-corrected chi connectivity index (χ3v) is 4.45. The number of carbonyl (C=O) groups is 3. The second-order valence-corrected chi connectivity index (χ2v) is 7.11. The number of halogens is 2. The van der Waals surface area contributed by atoms with E-state index in [2.05, 4.69) is 26.6 Å². The van der Waals surface area contributed by atoms with E-state index < -0.39 is 30.4 Å². The van der Waals surface area contributed by atoms with Gasteiger partial charge in [-0.2, -0.15) is 0 Å². The molecule has 0 aliphatic rings. The van der Waals surface area contributed by atoms with E-state index in [9.17, 15) is 14.4 Å². The maximum Gasteiger partial charge on any atom is 0.328 e. The average molecular weight is 454 g/mol. The van der Waals surface area contributed by atoms with Gasteiger partial charge in [-0.25, -0.2) is 4.79 Å². The van der Waals surface area contributed by atoms with Gasteiger partial charge in [0.05, 0.1) is 10.6 Å². The Balaban J connectivity index is 1.84. The monoisotopic (exact) mass is 452 g/mol. The topological polar surface area (TPSA) is 84.5 Å². The van der Waals surface area contributed by atoms with Gasteiger partial charge in [0.2, 0.25) is 0 Å². The highest BCUT2D eigenvalue weighted by Gasteiger charge is 2.20. The molecule has 0 aromatic heterocycles. The zero-order valence-electron chi connectivity index (χ0n) is 14.7. The molecule has 27 heavy (non-hydrogen) atoms. The first-order chi connectivity index (χ1) is 12.8. The minimum absolute atomic E-state index is 0.252. The first kappa shape index (κ1) is 20.9. The molecule has 2 aromatic rings. The van der Waals surface area contributed by atoms with Crippen molar-refractivity contribution < 1.29 is 19.1 Å². The van der Waals surface area contributed by atoms with Crippen molar-refractivity contribution in [3.8, 4) is 0 Å². The summed E-state index contributed by atoms with van der Waals surface area (Å²) in [6.45, 7) is 2.85. The molecule has 1 atom stereocenters. The molecule has 8 heteroatoms. The maximum atomic E-state index is 12.1. The van der Waals surface area contributed by atoms with Gasteiger partial charge >= 0.3 is 5.97 Å². The van der Waals surface area contributed by atoms with Crippen molar-refractivity contribution in [1.29, 1.82) is 0 Å². The van der Waals surface area contributed by atoms with Crippen LogP contribution in [0.25, 0.3) is 0 Å². The molecule has 0 aliphatic heterocycles. The van der Waals surface area contributed by atoms with E-state index in [1.54, 1.807) is 36.4 Å². The molecule has 6 nitrogen and oxygen atoms in total. The molecule has 0 radical (unpaired) electrons. The first-order valence-electron chi connectivity index (χ1n) is 8.06. The molecule has 142 valence electrons. The van der Waals surface area contributed by atoms with Gasteiger partial charge in [0.15, 0.2) is 6.61 Å². The Morgan fingerprint density at radius 2 is 1.89 bits per heavy atom. The van der Waals surface area contributed by atoms with Crippen molar-refractivity contribution in [2.45, 2.75) is 19.9 Å². The number of nitrogens with one attached hydrogen (secondary N) is 2. The van der Waals surface area contributed by atoms with Crippen LogP contribution in [0.4, 0.5) is 5.69 Å². The van der Waals surface area contributed by atoms with Crippen molar-refractivity contribution in [3.63, 3.8) is 0 Å². The molecule has 2 amide bonds. The van der Waals surface area contributed by atoms with Gasteiger partial charge in [0, 0.05) is 10.2 Å². The number of carbonyl (C=O) groups excluding carboxylic acids is 3. The highest BCUT2D eigenvalue weighted by atomic mass is 79.9. The molecule has 0 spiro atoms. The normalized spacial score (nSPS) is 11.4. The van der Waals surface area contributed by atoms with E-state index >= 15 is 0 Å². The molecule has 0 saturated heterocycles. The maximum absolute atomic E-state index is 12.1. The number of aryl methyl sites for hydroxylation is 1. The Hall–Kier alpha value is -2.38. The van der Waals surface area contributed by atoms with Crippen LogP contribution in [0, 0.1) is 6.92 Å². The van der Waals surface area contributed by atoms with Crippen molar-refractivity contribution >= 4 is 51.0 Å². The van der Waals surface area contributed by atoms with E-state index in [1.807, 2.05) is 13.0 Å². The van der Waals surface area contributed by atoms with Crippen LogP contribution in [0.2, 0.25) is 5.02 Å².